The summed E-state index contributed by atoms with van der Waals surface area (Å²) >= 11 is 0. The van der Waals surface area contributed by atoms with E-state index in [2.05, 4.69) is 36.4 Å². The summed E-state index contributed by atoms with van der Waals surface area (Å²) in [7, 11) is -4.27. The zero-order valence-electron chi connectivity index (χ0n) is 16.1. The van der Waals surface area contributed by atoms with Crippen molar-refractivity contribution in [2.24, 2.45) is 0 Å². The fraction of sp³-hybridized carbons (Fsp3) is 0. The Bertz CT molecular complexity index is 1360. The lowest BCUT2D eigenvalue weighted by atomic mass is 9.86. The van der Waals surface area contributed by atoms with Gasteiger partial charge in [-0.2, -0.15) is 0 Å². The Labute approximate surface area is 174 Å². The van der Waals surface area contributed by atoms with Gasteiger partial charge in [-0.05, 0) is 55.9 Å². The zero-order chi connectivity index (χ0) is 20.7. The van der Waals surface area contributed by atoms with E-state index in [1.165, 1.54) is 17.7 Å². The van der Waals surface area contributed by atoms with Crippen LogP contribution in [0.3, 0.4) is 0 Å². The van der Waals surface area contributed by atoms with E-state index >= 15 is 0 Å². The zero-order valence-corrected chi connectivity index (χ0v) is 17.0. The van der Waals surface area contributed by atoms with Crippen LogP contribution in [-0.2, 0) is 4.57 Å². The molecule has 5 aromatic rings. The maximum Gasteiger partial charge on any atom is 0.356 e. The van der Waals surface area contributed by atoms with Gasteiger partial charge < -0.3 is 9.79 Å². The van der Waals surface area contributed by atoms with Gasteiger partial charge in [0.05, 0.1) is 5.30 Å². The summed E-state index contributed by atoms with van der Waals surface area (Å²) in [6.45, 7) is 0. The number of hydrogen-bond donors (Lipinski definition) is 2. The highest BCUT2D eigenvalue weighted by atomic mass is 31.2. The molecule has 0 aromatic heterocycles. The molecule has 0 heterocycles. The molecule has 5 aromatic carbocycles. The summed E-state index contributed by atoms with van der Waals surface area (Å²) in [6.07, 6.45) is 0. The molecule has 5 rings (SSSR count). The van der Waals surface area contributed by atoms with E-state index < -0.39 is 7.60 Å². The van der Waals surface area contributed by atoms with Gasteiger partial charge in [0.1, 0.15) is 0 Å². The molecular weight excluding hydrogens is 391 g/mol. The van der Waals surface area contributed by atoms with Crippen molar-refractivity contribution in [3.05, 3.63) is 103 Å². The first-order valence-electron chi connectivity index (χ1n) is 9.69. The molecule has 0 fully saturated rings. The topological polar surface area (TPSA) is 57.5 Å². The second-order valence-corrected chi connectivity index (χ2v) is 8.90. The third-order valence-corrected chi connectivity index (χ3v) is 6.46. The molecule has 0 amide bonds. The highest BCUT2D eigenvalue weighted by molar-refractivity contribution is 7.60. The summed E-state index contributed by atoms with van der Waals surface area (Å²) in [5, 5.41) is 4.55. The predicted molar refractivity (Wildman–Crippen MR) is 124 cm³/mol. The van der Waals surface area contributed by atoms with Crippen molar-refractivity contribution in [3.8, 4) is 22.3 Å². The Morgan fingerprint density at radius 2 is 0.833 bits per heavy atom. The number of benzene rings is 5. The van der Waals surface area contributed by atoms with Gasteiger partial charge >= 0.3 is 7.60 Å². The van der Waals surface area contributed by atoms with Crippen LogP contribution in [0.15, 0.2) is 103 Å². The third kappa shape index (κ3) is 3.14. The fourth-order valence-corrected chi connectivity index (χ4v) is 4.71. The van der Waals surface area contributed by atoms with Crippen molar-refractivity contribution in [3.63, 3.8) is 0 Å². The quantitative estimate of drug-likeness (QED) is 0.278. The first-order chi connectivity index (χ1) is 14.5. The Morgan fingerprint density at radius 3 is 1.23 bits per heavy atom. The van der Waals surface area contributed by atoms with E-state index in [0.29, 0.717) is 0 Å². The molecule has 0 aliphatic carbocycles. The van der Waals surface area contributed by atoms with Crippen LogP contribution in [0.25, 0.3) is 43.8 Å². The molecule has 0 saturated heterocycles. The second kappa shape index (κ2) is 7.23. The highest BCUT2D eigenvalue weighted by Gasteiger charge is 2.19. The van der Waals surface area contributed by atoms with Crippen molar-refractivity contribution in [1.82, 2.24) is 0 Å². The van der Waals surface area contributed by atoms with Crippen LogP contribution in [0, 0.1) is 0 Å². The lowest BCUT2D eigenvalue weighted by molar-refractivity contribution is 0.387. The normalized spacial score (nSPS) is 11.8. The molecule has 4 heteroatoms. The summed E-state index contributed by atoms with van der Waals surface area (Å²) in [4.78, 5) is 18.9. The van der Waals surface area contributed by atoms with Crippen molar-refractivity contribution in [2.45, 2.75) is 0 Å². The average Bonchev–Trinajstić information content (AvgIpc) is 2.77. The minimum absolute atomic E-state index is 0.0285. The first-order valence-corrected chi connectivity index (χ1v) is 11.3. The lowest BCUT2D eigenvalue weighted by Crippen LogP contribution is -2.02. The molecule has 2 N–H and O–H groups in total. The van der Waals surface area contributed by atoms with E-state index in [1.807, 2.05) is 42.5 Å². The van der Waals surface area contributed by atoms with Crippen molar-refractivity contribution < 1.29 is 14.4 Å². The highest BCUT2D eigenvalue weighted by Crippen LogP contribution is 2.43. The summed E-state index contributed by atoms with van der Waals surface area (Å²) < 4.78 is 11.6. The standard InChI is InChI=1S/C26H19O3P/c27-30(28,29)20-16-14-19(15-17-20)26-23-12-6-4-10-21(23)25(18-8-2-1-3-9-18)22-11-5-7-13-24(22)26/h1-17H,(H2,27,28,29). The van der Waals surface area contributed by atoms with Crippen LogP contribution in [0.2, 0.25) is 0 Å². The minimum atomic E-state index is -4.27. The van der Waals surface area contributed by atoms with Crippen LogP contribution < -0.4 is 5.30 Å². The summed E-state index contributed by atoms with van der Waals surface area (Å²) in [5.74, 6) is 0. The molecule has 0 radical (unpaired) electrons. The fourth-order valence-electron chi connectivity index (χ4n) is 4.18. The van der Waals surface area contributed by atoms with E-state index in [9.17, 15) is 14.4 Å². The molecule has 0 aliphatic heterocycles. The third-order valence-electron chi connectivity index (χ3n) is 5.49. The van der Waals surface area contributed by atoms with Gasteiger partial charge in [-0.1, -0.05) is 91.0 Å². The molecule has 146 valence electrons. The minimum Gasteiger partial charge on any atom is -0.321 e. The van der Waals surface area contributed by atoms with Crippen LogP contribution in [0.1, 0.15) is 0 Å². The van der Waals surface area contributed by atoms with E-state index in [-0.39, 0.29) is 5.30 Å². The van der Waals surface area contributed by atoms with Crippen molar-refractivity contribution >= 4 is 34.4 Å². The van der Waals surface area contributed by atoms with Gasteiger partial charge in [-0.15, -0.1) is 0 Å². The summed E-state index contributed by atoms with van der Waals surface area (Å²) in [6, 6.07) is 33.6. The predicted octanol–water partition coefficient (Wildman–Crippen LogP) is 6.13. The molecule has 0 saturated carbocycles. The first kappa shape index (κ1) is 18.8. The molecule has 0 bridgehead atoms. The van der Waals surface area contributed by atoms with Crippen LogP contribution >= 0.6 is 7.60 Å². The average molecular weight is 410 g/mol. The van der Waals surface area contributed by atoms with E-state index in [4.69, 9.17) is 0 Å². The second-order valence-electron chi connectivity index (χ2n) is 7.30. The Morgan fingerprint density at radius 1 is 0.467 bits per heavy atom. The van der Waals surface area contributed by atoms with Crippen molar-refractivity contribution in [2.75, 3.05) is 0 Å². The smallest absolute Gasteiger partial charge is 0.321 e. The maximum absolute atomic E-state index is 11.6. The van der Waals surface area contributed by atoms with Crippen molar-refractivity contribution in [1.29, 1.82) is 0 Å². The van der Waals surface area contributed by atoms with Gasteiger partial charge in [0.25, 0.3) is 0 Å². The van der Waals surface area contributed by atoms with Gasteiger partial charge in [0, 0.05) is 0 Å². The summed E-state index contributed by atoms with van der Waals surface area (Å²) in [5.41, 5.74) is 4.35. The monoisotopic (exact) mass is 410 g/mol. The molecule has 0 unspecified atom stereocenters. The molecule has 0 atom stereocenters. The van der Waals surface area contributed by atoms with E-state index in [1.54, 1.807) is 12.1 Å². The molecule has 3 nitrogen and oxygen atoms in total. The molecule has 30 heavy (non-hydrogen) atoms. The SMILES string of the molecule is O=P(O)(O)c1ccc(-c2c3ccccc3c(-c3ccccc3)c3ccccc23)cc1. The number of rotatable bonds is 3. The van der Waals surface area contributed by atoms with Crippen LogP contribution in [0.5, 0.6) is 0 Å². The molecule has 0 aliphatic rings. The largest absolute Gasteiger partial charge is 0.356 e. The number of hydrogen-bond acceptors (Lipinski definition) is 1. The maximum atomic E-state index is 11.6. The Balaban J connectivity index is 1.89. The Kier molecular flexibility index (Phi) is 4.52. The molecule has 0 spiro atoms. The lowest BCUT2D eigenvalue weighted by Gasteiger charge is -2.18. The van der Waals surface area contributed by atoms with Gasteiger partial charge in [0.15, 0.2) is 0 Å². The number of fused-ring (bicyclic) bond motifs is 2. The van der Waals surface area contributed by atoms with Crippen LogP contribution in [-0.4, -0.2) is 9.79 Å². The molecular formula is C26H19O3P. The van der Waals surface area contributed by atoms with Gasteiger partial charge in [0.2, 0.25) is 0 Å². The van der Waals surface area contributed by atoms with Gasteiger partial charge in [-0.25, -0.2) is 0 Å². The van der Waals surface area contributed by atoms with Crippen LogP contribution in [0.4, 0.5) is 0 Å². The Hall–Kier alpha value is -3.23. The van der Waals surface area contributed by atoms with E-state index in [0.717, 1.165) is 38.2 Å². The van der Waals surface area contributed by atoms with Gasteiger partial charge in [-0.3, -0.25) is 4.57 Å².